The van der Waals surface area contributed by atoms with Crippen LogP contribution in [0.4, 0.5) is 5.69 Å². The number of hydrogen-bond donors (Lipinski definition) is 1. The van der Waals surface area contributed by atoms with Crippen molar-refractivity contribution in [1.29, 1.82) is 0 Å². The lowest BCUT2D eigenvalue weighted by Crippen LogP contribution is -2.54. The molecule has 184 valence electrons. The van der Waals surface area contributed by atoms with Crippen molar-refractivity contribution in [3.8, 4) is 5.75 Å². The number of nitro groups is 1. The second kappa shape index (κ2) is 9.10. The molecule has 1 fully saturated rings. The molecule has 4 aromatic rings. The van der Waals surface area contributed by atoms with Crippen molar-refractivity contribution in [3.63, 3.8) is 0 Å². The van der Waals surface area contributed by atoms with Crippen LogP contribution in [0.5, 0.6) is 5.75 Å². The first-order chi connectivity index (χ1) is 17.6. The molecule has 2 atom stereocenters. The summed E-state index contributed by atoms with van der Waals surface area (Å²) in [5.74, 6) is 1.30. The summed E-state index contributed by atoms with van der Waals surface area (Å²) in [6.45, 7) is 3.10. The minimum absolute atomic E-state index is 0.0273. The van der Waals surface area contributed by atoms with E-state index in [1.807, 2.05) is 18.2 Å². The number of nitro benzene ring substituents is 1. The van der Waals surface area contributed by atoms with Crippen LogP contribution in [0.3, 0.4) is 0 Å². The summed E-state index contributed by atoms with van der Waals surface area (Å²) in [6, 6.07) is 24.7. The van der Waals surface area contributed by atoms with Crippen LogP contribution in [-0.4, -0.2) is 41.6 Å². The minimum Gasteiger partial charge on any atom is -0.497 e. The third-order valence-electron chi connectivity index (χ3n) is 8.49. The maximum absolute atomic E-state index is 11.7. The van der Waals surface area contributed by atoms with E-state index in [4.69, 9.17) is 4.74 Å². The summed E-state index contributed by atoms with van der Waals surface area (Å²) >= 11 is 0. The van der Waals surface area contributed by atoms with E-state index in [2.05, 4.69) is 58.4 Å². The summed E-state index contributed by atoms with van der Waals surface area (Å²) < 4.78 is 5.60. The van der Waals surface area contributed by atoms with E-state index in [1.54, 1.807) is 13.2 Å². The predicted molar refractivity (Wildman–Crippen MR) is 142 cm³/mol. The zero-order valence-electron chi connectivity index (χ0n) is 20.6. The van der Waals surface area contributed by atoms with Crippen LogP contribution in [0.15, 0.2) is 72.8 Å². The normalized spacial score (nSPS) is 21.6. The fraction of sp³-hybridized carbons (Fsp3) is 0.333. The number of ether oxygens (including phenoxy) is 1. The first-order valence-corrected chi connectivity index (χ1v) is 12.7. The number of likely N-dealkylation sites (tertiary alicyclic amines) is 1. The van der Waals surface area contributed by atoms with Gasteiger partial charge >= 0.3 is 0 Å². The van der Waals surface area contributed by atoms with Crippen molar-refractivity contribution in [1.82, 2.24) is 9.88 Å². The van der Waals surface area contributed by atoms with Crippen LogP contribution in [0.1, 0.15) is 28.8 Å². The van der Waals surface area contributed by atoms with Gasteiger partial charge in [0.25, 0.3) is 5.69 Å². The van der Waals surface area contributed by atoms with Crippen molar-refractivity contribution >= 4 is 16.6 Å². The highest BCUT2D eigenvalue weighted by molar-refractivity contribution is 5.92. The Kier molecular flexibility index (Phi) is 5.76. The fourth-order valence-corrected chi connectivity index (χ4v) is 6.59. The molecule has 1 aliphatic carbocycles. The molecule has 3 aromatic carbocycles. The number of para-hydroxylation sites is 1. The Balaban J connectivity index is 1.38. The number of non-ortho nitro benzene ring substituents is 1. The summed E-state index contributed by atoms with van der Waals surface area (Å²) in [6.07, 6.45) is 3.87. The van der Waals surface area contributed by atoms with Crippen LogP contribution in [-0.2, 0) is 24.7 Å². The van der Waals surface area contributed by atoms with Gasteiger partial charge in [-0.05, 0) is 67.0 Å². The molecule has 2 aliphatic rings. The number of piperidine rings is 1. The van der Waals surface area contributed by atoms with Crippen molar-refractivity contribution < 1.29 is 9.66 Å². The number of methoxy groups -OCH3 is 1. The van der Waals surface area contributed by atoms with Crippen LogP contribution in [0, 0.1) is 16.0 Å². The van der Waals surface area contributed by atoms with Crippen LogP contribution < -0.4 is 4.74 Å². The topological polar surface area (TPSA) is 71.4 Å². The third-order valence-corrected chi connectivity index (χ3v) is 8.49. The molecule has 0 amide bonds. The molecule has 6 nitrogen and oxygen atoms in total. The highest BCUT2D eigenvalue weighted by Gasteiger charge is 2.48. The summed E-state index contributed by atoms with van der Waals surface area (Å²) in [7, 11) is 1.72. The van der Waals surface area contributed by atoms with Gasteiger partial charge in [0.2, 0.25) is 0 Å². The van der Waals surface area contributed by atoms with Gasteiger partial charge in [-0.2, -0.15) is 0 Å². The van der Waals surface area contributed by atoms with Gasteiger partial charge in [-0.3, -0.25) is 10.1 Å². The second-order valence-electron chi connectivity index (χ2n) is 10.3. The summed E-state index contributed by atoms with van der Waals surface area (Å²) in [5, 5.41) is 12.7. The van der Waals surface area contributed by atoms with Gasteiger partial charge in [-0.15, -0.1) is 0 Å². The number of benzene rings is 3. The third kappa shape index (κ3) is 3.86. The predicted octanol–water partition coefficient (Wildman–Crippen LogP) is 5.69. The number of nitrogens with zero attached hydrogens (tertiary/aromatic N) is 2. The molecule has 2 heterocycles. The molecule has 1 aromatic heterocycles. The zero-order valence-corrected chi connectivity index (χ0v) is 20.6. The van der Waals surface area contributed by atoms with Crippen molar-refractivity contribution in [2.75, 3.05) is 26.7 Å². The minimum atomic E-state index is -0.277. The van der Waals surface area contributed by atoms with Crippen molar-refractivity contribution in [3.05, 3.63) is 105 Å². The molecule has 0 saturated carbocycles. The largest absolute Gasteiger partial charge is 0.497 e. The van der Waals surface area contributed by atoms with E-state index in [1.165, 1.54) is 16.7 Å². The SMILES string of the molecule is COc1cccc(C23CCN(CCc4ccccc4)CC2Cc2c([nH]c4c([N+](=O)[O-])cccc24)C3)c1. The first-order valence-electron chi connectivity index (χ1n) is 12.7. The molecule has 36 heavy (non-hydrogen) atoms. The number of hydrogen-bond acceptors (Lipinski definition) is 4. The van der Waals surface area contributed by atoms with Gasteiger partial charge in [0, 0.05) is 35.7 Å². The van der Waals surface area contributed by atoms with E-state index in [0.29, 0.717) is 11.4 Å². The number of fused-ring (bicyclic) bond motifs is 4. The molecule has 6 heteroatoms. The number of aromatic nitrogens is 1. The van der Waals surface area contributed by atoms with E-state index in [9.17, 15) is 10.1 Å². The van der Waals surface area contributed by atoms with Crippen molar-refractivity contribution in [2.24, 2.45) is 5.92 Å². The maximum Gasteiger partial charge on any atom is 0.293 e. The van der Waals surface area contributed by atoms with E-state index >= 15 is 0 Å². The molecule has 1 N–H and O–H groups in total. The lowest BCUT2D eigenvalue weighted by atomic mass is 9.58. The molecule has 0 bridgehead atoms. The van der Waals surface area contributed by atoms with E-state index < -0.39 is 0 Å². The highest BCUT2D eigenvalue weighted by atomic mass is 16.6. The van der Waals surface area contributed by atoms with Gasteiger partial charge in [0.15, 0.2) is 0 Å². The second-order valence-corrected chi connectivity index (χ2v) is 10.3. The molecule has 0 radical (unpaired) electrons. The van der Waals surface area contributed by atoms with Gasteiger partial charge in [0.1, 0.15) is 11.3 Å². The highest BCUT2D eigenvalue weighted by Crippen LogP contribution is 2.50. The maximum atomic E-state index is 11.7. The Morgan fingerprint density at radius 2 is 1.94 bits per heavy atom. The lowest BCUT2D eigenvalue weighted by molar-refractivity contribution is -0.383. The number of H-pyrrole nitrogens is 1. The van der Waals surface area contributed by atoms with Gasteiger partial charge < -0.3 is 14.6 Å². The smallest absolute Gasteiger partial charge is 0.293 e. The van der Waals surface area contributed by atoms with Crippen LogP contribution in [0.25, 0.3) is 10.9 Å². The molecular weight excluding hydrogens is 450 g/mol. The average Bonchev–Trinajstić information content (AvgIpc) is 3.28. The molecule has 1 aliphatic heterocycles. The first kappa shape index (κ1) is 22.8. The van der Waals surface area contributed by atoms with Gasteiger partial charge in [-0.25, -0.2) is 0 Å². The standard InChI is InChI=1S/C30H31N3O3/c1-36-24-10-5-9-22(17-24)30-14-16-32(15-13-21-7-3-2-4-8-21)20-23(30)18-26-25-11-6-12-28(33(34)35)29(25)31-27(26)19-30/h2-12,17,23,31H,13-16,18-20H2,1H3. The molecule has 1 saturated heterocycles. The van der Waals surface area contributed by atoms with Crippen molar-refractivity contribution in [2.45, 2.75) is 31.1 Å². The van der Waals surface area contributed by atoms with E-state index in [-0.39, 0.29) is 16.0 Å². The number of nitrogens with one attached hydrogen (secondary N) is 1. The Morgan fingerprint density at radius 1 is 1.11 bits per heavy atom. The Labute approximate surface area is 211 Å². The lowest BCUT2D eigenvalue weighted by Gasteiger charge is -2.51. The zero-order chi connectivity index (χ0) is 24.7. The van der Waals surface area contributed by atoms with E-state index in [0.717, 1.165) is 62.1 Å². The quantitative estimate of drug-likeness (QED) is 0.284. The molecular formula is C30H31N3O3. The summed E-state index contributed by atoms with van der Waals surface area (Å²) in [5.41, 5.74) is 5.88. The Morgan fingerprint density at radius 3 is 2.75 bits per heavy atom. The van der Waals surface area contributed by atoms with Gasteiger partial charge in [0.05, 0.1) is 12.0 Å². The number of rotatable bonds is 6. The summed E-state index contributed by atoms with van der Waals surface area (Å²) in [4.78, 5) is 17.6. The molecule has 2 unspecified atom stereocenters. The van der Waals surface area contributed by atoms with Gasteiger partial charge in [-0.1, -0.05) is 54.6 Å². The number of aromatic amines is 1. The Hall–Kier alpha value is -3.64. The molecule has 6 rings (SSSR count). The monoisotopic (exact) mass is 481 g/mol. The average molecular weight is 482 g/mol. The Bertz CT molecular complexity index is 1410. The van der Waals surface area contributed by atoms with Crippen LogP contribution in [0.2, 0.25) is 0 Å². The fourth-order valence-electron chi connectivity index (χ4n) is 6.59. The molecule has 0 spiro atoms. The van der Waals surface area contributed by atoms with Crippen LogP contribution >= 0.6 is 0 Å².